The van der Waals surface area contributed by atoms with Crippen LogP contribution in [0.2, 0.25) is 15.1 Å². The molecule has 0 unspecified atom stereocenters. The summed E-state index contributed by atoms with van der Waals surface area (Å²) in [5.41, 5.74) is 19.9. The number of benzene rings is 5. The van der Waals surface area contributed by atoms with Crippen LogP contribution in [0.25, 0.3) is 90.2 Å². The van der Waals surface area contributed by atoms with Crippen molar-refractivity contribution < 1.29 is 18.9 Å². The van der Waals surface area contributed by atoms with Crippen molar-refractivity contribution in [1.82, 2.24) is 97.6 Å². The molecule has 43 heteroatoms. The number of pyridine rings is 6. The quantitative estimate of drug-likeness (QED) is 0.0242. The molecule has 0 aliphatic heterocycles. The zero-order valence-electron chi connectivity index (χ0n) is 78.1. The van der Waals surface area contributed by atoms with Gasteiger partial charge in [0.05, 0.1) is 92.5 Å². The van der Waals surface area contributed by atoms with E-state index in [1.807, 2.05) is 231 Å². The molecule has 740 valence electrons. The summed E-state index contributed by atoms with van der Waals surface area (Å²) < 4.78 is 18.6. The van der Waals surface area contributed by atoms with Gasteiger partial charge in [0.15, 0.2) is 83.5 Å². The van der Waals surface area contributed by atoms with Crippen molar-refractivity contribution in [3.63, 3.8) is 0 Å². The lowest BCUT2D eigenvalue weighted by molar-refractivity contribution is -0.606. The van der Waals surface area contributed by atoms with Crippen molar-refractivity contribution in [2.24, 2.45) is 0 Å². The Bertz CT molecular complexity index is 8580. The standard InChI is InChI=1S/2C18H13BrClN5O.C18H13BrClN5.C18H14BrN5O.C18H14BrN5.C15H16BrN5O/c19-15-10-22-25-17(21-9-12-2-1-7-24(26)11-12)8-16(23-18(15)25)13-3-5-14(20)6-4-13;19-14-10-22-25-17(21-9-12-4-3-7-24(26)11-12)8-16(23-18(14)25)13-5-1-2-6-15(13)20;19-14-11-23-25-17(22-10-12-4-3-7-21-9-12)8-16(24-18(14)25)13-5-1-2-6-15(13)20;19-15-11-21-24-17(20-10-13-5-4-8-23(25)12-13)9-16(22-18(15)24)14-6-2-1-3-7-14;19-15-12-22-24-17(21-11-13-5-4-8-20-10-13)9-16(23-18(15)24)14-6-2-1-3-7-14;1-10(2)13-6-14(21-15(19-13)12(16)8-18-21)17-7-11-4-3-5-20(22)9-11/h2*1-8,10-11,21H,9H2;1-9,11,22H,10H2;1-9,11-12,20H,10H2;1-10,12,21H,11H2;3-6,8-10,17H,7H2,1-2H3. The van der Waals surface area contributed by atoms with E-state index >= 15 is 0 Å². The van der Waals surface area contributed by atoms with Crippen molar-refractivity contribution in [2.75, 3.05) is 31.9 Å². The Labute approximate surface area is 910 Å². The van der Waals surface area contributed by atoms with Gasteiger partial charge >= 0.3 is 0 Å². The highest BCUT2D eigenvalue weighted by Crippen LogP contribution is 2.37. The molecule has 18 aromatic heterocycles. The zero-order valence-corrected chi connectivity index (χ0v) is 89.9. The van der Waals surface area contributed by atoms with E-state index in [0.29, 0.717) is 71.5 Å². The van der Waals surface area contributed by atoms with Crippen LogP contribution < -0.4 is 50.8 Å². The number of nitrogens with one attached hydrogen (secondary N) is 6. The molecule has 0 saturated heterocycles. The van der Waals surface area contributed by atoms with Crippen LogP contribution in [0.5, 0.6) is 0 Å². The monoisotopic (exact) mass is 2410 g/mol. The van der Waals surface area contributed by atoms with Crippen LogP contribution in [0.3, 0.4) is 0 Å². The molecule has 6 N–H and O–H groups in total. The highest BCUT2D eigenvalue weighted by atomic mass is 79.9. The molecule has 0 aliphatic rings. The molecule has 23 aromatic rings. The van der Waals surface area contributed by atoms with Gasteiger partial charge in [-0.3, -0.25) is 9.97 Å². The van der Waals surface area contributed by atoms with Crippen LogP contribution >= 0.6 is 130 Å². The van der Waals surface area contributed by atoms with Crippen molar-refractivity contribution >= 4 is 199 Å². The lowest BCUT2D eigenvalue weighted by Crippen LogP contribution is -2.25. The van der Waals surface area contributed by atoms with E-state index in [9.17, 15) is 20.8 Å². The Morgan fingerprint density at radius 2 is 0.534 bits per heavy atom. The van der Waals surface area contributed by atoms with E-state index in [2.05, 4.69) is 197 Å². The summed E-state index contributed by atoms with van der Waals surface area (Å²) >= 11 is 39.6. The third kappa shape index (κ3) is 25.6. The number of nitrogens with zero attached hydrogens (tertiary/aromatic N) is 24. The van der Waals surface area contributed by atoms with Crippen LogP contribution in [-0.2, 0) is 39.3 Å². The second-order valence-electron chi connectivity index (χ2n) is 33.1. The first-order valence-electron chi connectivity index (χ1n) is 45.5. The van der Waals surface area contributed by atoms with E-state index < -0.39 is 0 Å². The third-order valence-electron chi connectivity index (χ3n) is 22.4. The molecule has 0 bridgehead atoms. The summed E-state index contributed by atoms with van der Waals surface area (Å²) in [7, 11) is 0. The van der Waals surface area contributed by atoms with E-state index in [0.717, 1.165) is 199 Å². The predicted octanol–water partition coefficient (Wildman–Crippen LogP) is 23.4. The van der Waals surface area contributed by atoms with E-state index in [1.54, 1.807) is 113 Å². The Morgan fingerprint density at radius 1 is 0.277 bits per heavy atom. The van der Waals surface area contributed by atoms with Crippen LogP contribution in [-0.4, -0.2) is 97.6 Å². The van der Waals surface area contributed by atoms with Gasteiger partial charge in [-0.25, -0.2) is 29.9 Å². The van der Waals surface area contributed by atoms with E-state index in [1.165, 1.54) is 37.2 Å². The predicted molar refractivity (Wildman–Crippen MR) is 594 cm³/mol. The highest BCUT2D eigenvalue weighted by Gasteiger charge is 2.22. The SMILES string of the molecule is Brc1cnn2c(NCc3cccnc3)cc(-c3ccccc3)nc12.CC(C)c1cc(NCc2ccc[n+]([O-])c2)n2ncc(Br)c2n1.Clc1ccccc1-c1cc(NCc2cccnc2)n2ncc(Br)c2n1.[O-][n+]1cccc(CNc2cc(-c3ccc(Cl)cc3)nc3c(Br)cnn23)c1.[O-][n+]1cccc(CNc2cc(-c3ccccc3)nc3c(Br)cnn23)c1.[O-][n+]1cccc(CNc2cc(-c3ccccc3Cl)nc3c(Br)cnn23)c1. The van der Waals surface area contributed by atoms with Gasteiger partial charge in [-0.15, -0.1) is 0 Å². The maximum atomic E-state index is 11.4. The third-order valence-corrected chi connectivity index (χ3v) is 26.7. The number of anilines is 6. The molecule has 18 heterocycles. The van der Waals surface area contributed by atoms with Gasteiger partial charge in [0.25, 0.3) is 0 Å². The average molecular weight is 2410 g/mol. The Balaban J connectivity index is 0.000000116. The number of halogens is 9. The van der Waals surface area contributed by atoms with Crippen molar-refractivity contribution in [3.05, 3.63) is 456 Å². The molecule has 0 fully saturated rings. The number of aromatic nitrogens is 24. The summed E-state index contributed by atoms with van der Waals surface area (Å²) in [6.45, 7) is 7.51. The van der Waals surface area contributed by atoms with Crippen LogP contribution in [0.15, 0.2) is 381 Å². The van der Waals surface area contributed by atoms with Crippen molar-refractivity contribution in [2.45, 2.75) is 59.0 Å². The second-order valence-corrected chi connectivity index (χ2v) is 39.4. The molecule has 0 atom stereocenters. The average Bonchev–Trinajstić information content (AvgIpc) is 1.62. The summed E-state index contributed by atoms with van der Waals surface area (Å²) in [6.07, 6.45) is 29.5. The Hall–Kier alpha value is -15.5. The van der Waals surface area contributed by atoms with Crippen LogP contribution in [0.1, 0.15) is 58.8 Å². The molecule has 0 spiro atoms. The smallest absolute Gasteiger partial charge is 0.185 e. The Morgan fingerprint density at radius 3 is 0.818 bits per heavy atom. The van der Waals surface area contributed by atoms with Crippen LogP contribution in [0, 0.1) is 20.8 Å². The molecule has 0 saturated carbocycles. The second kappa shape index (κ2) is 48.2. The van der Waals surface area contributed by atoms with Crippen molar-refractivity contribution in [3.8, 4) is 56.3 Å². The zero-order chi connectivity index (χ0) is 103. The molecular weight excluding hydrogens is 2330 g/mol. The molecule has 5 aromatic carbocycles. The summed E-state index contributed by atoms with van der Waals surface area (Å²) in [5.74, 6) is 5.19. The molecule has 148 heavy (non-hydrogen) atoms. The fourth-order valence-corrected chi connectivity index (χ4v) is 17.8. The van der Waals surface area contributed by atoms with Gasteiger partial charge in [0.2, 0.25) is 0 Å². The molecular formula is C105H83Br6Cl3N30O4. The lowest BCUT2D eigenvalue weighted by Gasteiger charge is -2.12. The fourth-order valence-electron chi connectivity index (χ4n) is 15.2. The van der Waals surface area contributed by atoms with E-state index in [-0.39, 0.29) is 0 Å². The van der Waals surface area contributed by atoms with Crippen LogP contribution in [0.4, 0.5) is 34.9 Å². The minimum atomic E-state index is 0.313. The maximum absolute atomic E-state index is 11.4. The number of rotatable bonds is 24. The topological polar surface area (TPSA) is 387 Å². The largest absolute Gasteiger partial charge is 0.619 e. The van der Waals surface area contributed by atoms with Gasteiger partial charge in [-0.2, -0.15) is 76.6 Å². The maximum Gasteiger partial charge on any atom is 0.185 e. The normalized spacial score (nSPS) is 11.0. The number of hydrogen-bond donors (Lipinski definition) is 6. The first-order chi connectivity index (χ1) is 72.0. The highest BCUT2D eigenvalue weighted by molar-refractivity contribution is 9.11. The summed E-state index contributed by atoms with van der Waals surface area (Å²) in [5, 5.41) is 93.9. The van der Waals surface area contributed by atoms with Gasteiger partial charge in [0, 0.05) is 196 Å². The first kappa shape index (κ1) is 102. The van der Waals surface area contributed by atoms with Crippen molar-refractivity contribution in [1.29, 1.82) is 0 Å². The van der Waals surface area contributed by atoms with E-state index in [4.69, 9.17) is 49.8 Å². The minimum absolute atomic E-state index is 0.313. The van der Waals surface area contributed by atoms with Gasteiger partial charge < -0.3 is 52.7 Å². The molecule has 0 amide bonds. The fraction of sp³-hybridized carbons (Fsp3) is 0.0857. The van der Waals surface area contributed by atoms with Gasteiger partial charge in [0.1, 0.15) is 34.9 Å². The number of fused-ring (bicyclic) bond motifs is 6. The minimum Gasteiger partial charge on any atom is -0.619 e. The molecule has 0 aliphatic carbocycles. The molecule has 0 radical (unpaired) electrons. The lowest BCUT2D eigenvalue weighted by atomic mass is 10.1. The summed E-state index contributed by atoms with van der Waals surface area (Å²) in [6, 6.07) is 76.9. The van der Waals surface area contributed by atoms with Gasteiger partial charge in [-0.05, 0) is 173 Å². The summed E-state index contributed by atoms with van der Waals surface area (Å²) in [4.78, 5) is 36.4. The molecule has 34 nitrogen and oxygen atoms in total. The first-order valence-corrected chi connectivity index (χ1v) is 51.4. The number of hydrogen-bond acceptors (Lipinski definition) is 24. The van der Waals surface area contributed by atoms with Gasteiger partial charge in [-0.1, -0.05) is 170 Å². The molecule has 23 rings (SSSR count). The Kier molecular flexibility index (Phi) is 33.4.